The summed E-state index contributed by atoms with van der Waals surface area (Å²) in [7, 11) is 0. The van der Waals surface area contributed by atoms with E-state index in [1.54, 1.807) is 59.5 Å². The zero-order chi connectivity index (χ0) is 32.9. The van der Waals surface area contributed by atoms with Gasteiger partial charge in [-0.1, -0.05) is 58.6 Å². The lowest BCUT2D eigenvalue weighted by molar-refractivity contribution is 0.0210. The number of nitrogens with zero attached hydrogens (tertiary/aromatic N) is 6. The second kappa shape index (κ2) is 14.0. The van der Waals surface area contributed by atoms with Crippen LogP contribution in [0.5, 0.6) is 6.01 Å². The highest BCUT2D eigenvalue weighted by molar-refractivity contribution is 6.30. The third kappa shape index (κ3) is 7.74. The number of rotatable bonds is 9. The number of benzene rings is 3. The lowest BCUT2D eigenvalue weighted by Crippen LogP contribution is -2.44. The van der Waals surface area contributed by atoms with Crippen LogP contribution in [-0.4, -0.2) is 64.0 Å². The Morgan fingerprint density at radius 3 is 2.15 bits per heavy atom. The number of likely N-dealkylation sites (tertiary alicyclic amines) is 1. The van der Waals surface area contributed by atoms with Crippen LogP contribution in [0.1, 0.15) is 50.3 Å². The van der Waals surface area contributed by atoms with E-state index in [1.807, 2.05) is 32.9 Å². The van der Waals surface area contributed by atoms with Crippen LogP contribution >= 0.6 is 23.2 Å². The summed E-state index contributed by atoms with van der Waals surface area (Å²) in [6.07, 6.45) is 0.996. The molecule has 3 aromatic carbocycles. The number of azide groups is 1. The number of aromatic nitrogens is 2. The molecule has 5 rings (SSSR count). The second-order valence-electron chi connectivity index (χ2n) is 12.0. The van der Waals surface area contributed by atoms with Gasteiger partial charge in [0, 0.05) is 39.5 Å². The van der Waals surface area contributed by atoms with Gasteiger partial charge in [-0.3, -0.25) is 0 Å². The van der Waals surface area contributed by atoms with Crippen LogP contribution in [0.15, 0.2) is 71.8 Å². The normalized spacial score (nSPS) is 14.1. The number of carbonyl (C=O) groups is 1. The van der Waals surface area contributed by atoms with Crippen LogP contribution in [0.25, 0.3) is 21.3 Å². The molecule has 46 heavy (non-hydrogen) atoms. The molecule has 13 heteroatoms. The van der Waals surface area contributed by atoms with Gasteiger partial charge in [0.25, 0.3) is 0 Å². The Kier molecular flexibility index (Phi) is 10.1. The minimum Gasteiger partial charge on any atom is -0.463 e. The fourth-order valence-electron chi connectivity index (χ4n) is 5.34. The average Bonchev–Trinajstić information content (AvgIpc) is 3.03. The molecular formula is C33H35Cl2N7O4. The first kappa shape index (κ1) is 33.1. The molecule has 1 aliphatic heterocycles. The molecule has 0 aliphatic carbocycles. The summed E-state index contributed by atoms with van der Waals surface area (Å²) in [4.78, 5) is 26.4. The van der Waals surface area contributed by atoms with E-state index in [0.717, 1.165) is 0 Å². The van der Waals surface area contributed by atoms with E-state index in [-0.39, 0.29) is 31.3 Å². The number of halogens is 2. The van der Waals surface area contributed by atoms with Crippen molar-refractivity contribution in [3.8, 4) is 6.01 Å². The number of fused-ring (bicyclic) bond motifs is 1. The number of hydrogen-bond donors (Lipinski definition) is 2. The van der Waals surface area contributed by atoms with E-state index in [0.29, 0.717) is 69.4 Å². The van der Waals surface area contributed by atoms with E-state index in [1.165, 1.54) is 0 Å². The minimum atomic E-state index is -1.57. The molecule has 0 spiro atoms. The minimum absolute atomic E-state index is 0.0112. The Bertz CT molecular complexity index is 1690. The summed E-state index contributed by atoms with van der Waals surface area (Å²) >= 11 is 12.4. The van der Waals surface area contributed by atoms with Gasteiger partial charge in [-0.25, -0.2) is 4.79 Å². The van der Waals surface area contributed by atoms with Crippen LogP contribution in [0, 0.1) is 0 Å². The molecule has 1 amide bonds. The molecule has 2 heterocycles. The van der Waals surface area contributed by atoms with Gasteiger partial charge in [0.2, 0.25) is 0 Å². The molecule has 1 aromatic heterocycles. The van der Waals surface area contributed by atoms with Gasteiger partial charge in [0.05, 0.1) is 18.7 Å². The van der Waals surface area contributed by atoms with E-state index < -0.39 is 11.2 Å². The molecule has 2 N–H and O–H groups in total. The Hall–Kier alpha value is -4.28. The third-order valence-corrected chi connectivity index (χ3v) is 8.09. The predicted molar refractivity (Wildman–Crippen MR) is 179 cm³/mol. The first-order valence-corrected chi connectivity index (χ1v) is 15.7. The molecule has 11 nitrogen and oxygen atoms in total. The first-order chi connectivity index (χ1) is 22.0. The van der Waals surface area contributed by atoms with E-state index in [4.69, 9.17) is 38.2 Å². The largest absolute Gasteiger partial charge is 0.463 e. The molecule has 0 saturated carbocycles. The van der Waals surface area contributed by atoms with Crippen LogP contribution in [-0.2, 0) is 10.3 Å². The quantitative estimate of drug-likeness (QED) is 0.0613. The molecular weight excluding hydrogens is 629 g/mol. The summed E-state index contributed by atoms with van der Waals surface area (Å²) in [6.45, 7) is 6.81. The third-order valence-electron chi connectivity index (χ3n) is 7.59. The highest BCUT2D eigenvalue weighted by Crippen LogP contribution is 2.40. The molecule has 1 aliphatic rings. The fourth-order valence-corrected chi connectivity index (χ4v) is 5.59. The number of nitrogens with one attached hydrogen (secondary N) is 1. The maximum absolute atomic E-state index is 12.6. The zero-order valence-electron chi connectivity index (χ0n) is 25.8. The molecule has 240 valence electrons. The van der Waals surface area contributed by atoms with Gasteiger partial charge in [-0.2, -0.15) is 9.97 Å². The van der Waals surface area contributed by atoms with Crippen LogP contribution in [0.3, 0.4) is 0 Å². The molecule has 0 radical (unpaired) electrons. The van der Waals surface area contributed by atoms with Crippen molar-refractivity contribution in [3.63, 3.8) is 0 Å². The van der Waals surface area contributed by atoms with Crippen LogP contribution in [0.2, 0.25) is 10.0 Å². The summed E-state index contributed by atoms with van der Waals surface area (Å²) in [5, 5.41) is 21.3. The van der Waals surface area contributed by atoms with Gasteiger partial charge in [0.1, 0.15) is 17.0 Å². The van der Waals surface area contributed by atoms with Crippen molar-refractivity contribution in [2.75, 3.05) is 31.6 Å². The summed E-state index contributed by atoms with van der Waals surface area (Å²) in [5.41, 5.74) is 8.87. The van der Waals surface area contributed by atoms with Crippen molar-refractivity contribution in [1.82, 2.24) is 14.9 Å². The number of anilines is 1. The summed E-state index contributed by atoms with van der Waals surface area (Å²) < 4.78 is 11.3. The van der Waals surface area contributed by atoms with E-state index in [2.05, 4.69) is 25.3 Å². The second-order valence-corrected chi connectivity index (χ2v) is 12.9. The highest BCUT2D eigenvalue weighted by Gasteiger charge is 2.35. The van der Waals surface area contributed by atoms with Crippen molar-refractivity contribution in [3.05, 3.63) is 104 Å². The lowest BCUT2D eigenvalue weighted by atomic mass is 9.80. The first-order valence-electron chi connectivity index (χ1n) is 14.9. The van der Waals surface area contributed by atoms with Gasteiger partial charge >= 0.3 is 12.1 Å². The van der Waals surface area contributed by atoms with Crippen molar-refractivity contribution in [1.29, 1.82) is 0 Å². The van der Waals surface area contributed by atoms with Crippen LogP contribution in [0.4, 0.5) is 10.6 Å². The maximum atomic E-state index is 12.6. The van der Waals surface area contributed by atoms with Gasteiger partial charge in [0.15, 0.2) is 0 Å². The van der Waals surface area contributed by atoms with Crippen molar-refractivity contribution < 1.29 is 19.4 Å². The van der Waals surface area contributed by atoms with Crippen molar-refractivity contribution >= 4 is 46.0 Å². The van der Waals surface area contributed by atoms with E-state index in [9.17, 15) is 9.90 Å². The Labute approximate surface area is 277 Å². The smallest absolute Gasteiger partial charge is 0.410 e. The van der Waals surface area contributed by atoms with Crippen LogP contribution < -0.4 is 10.1 Å². The SMILES string of the molecule is CC(C)(C)OC(=O)N1CCC(Nc2nc(OCCN=[N+]=[N-])nc3ccc(C(O)(c4ccc(Cl)cc4)c4ccc(Cl)cc4)cc23)CC1. The zero-order valence-corrected chi connectivity index (χ0v) is 27.3. The Morgan fingerprint density at radius 2 is 1.59 bits per heavy atom. The predicted octanol–water partition coefficient (Wildman–Crippen LogP) is 7.72. The molecule has 1 fully saturated rings. The number of carbonyl (C=O) groups excluding carboxylic acids is 1. The van der Waals surface area contributed by atoms with Gasteiger partial charge in [-0.05, 0) is 92.2 Å². The highest BCUT2D eigenvalue weighted by atomic mass is 35.5. The standard InChI is InChI=1S/C33H35Cl2N7O4/c1-32(2,3)46-31(43)42-17-14-26(15-18-42)38-29-27-20-23(8-13-28(27)39-30(40-29)45-19-16-37-41-36)33(44,21-4-9-24(34)10-5-21)22-6-11-25(35)12-7-22/h4-13,20,26,44H,14-19H2,1-3H3,(H,38,39,40). The molecule has 4 aromatic rings. The topological polar surface area (TPSA) is 146 Å². The fraction of sp³-hybridized carbons (Fsp3) is 0.364. The number of aliphatic hydroxyl groups is 1. The lowest BCUT2D eigenvalue weighted by Gasteiger charge is -2.34. The van der Waals surface area contributed by atoms with E-state index >= 15 is 0 Å². The monoisotopic (exact) mass is 663 g/mol. The number of amides is 1. The summed E-state index contributed by atoms with van der Waals surface area (Å²) in [5.74, 6) is 0.510. The average molecular weight is 665 g/mol. The number of ether oxygens (including phenoxy) is 2. The Balaban J connectivity index is 1.52. The molecule has 1 saturated heterocycles. The molecule has 0 atom stereocenters. The molecule has 0 bridgehead atoms. The summed E-state index contributed by atoms with van der Waals surface area (Å²) in [6, 6.07) is 19.7. The van der Waals surface area contributed by atoms with Crippen molar-refractivity contribution in [2.24, 2.45) is 5.11 Å². The van der Waals surface area contributed by atoms with Gasteiger partial charge < -0.3 is 24.8 Å². The number of hydrogen-bond acceptors (Lipinski definition) is 8. The number of piperidine rings is 1. The molecule has 0 unspecified atom stereocenters. The van der Waals surface area contributed by atoms with Crippen molar-refractivity contribution in [2.45, 2.75) is 50.9 Å². The maximum Gasteiger partial charge on any atom is 0.410 e. The Morgan fingerprint density at radius 1 is 1.00 bits per heavy atom. The van der Waals surface area contributed by atoms with Gasteiger partial charge in [-0.15, -0.1) is 0 Å².